The van der Waals surface area contributed by atoms with Crippen molar-refractivity contribution in [2.45, 2.75) is 18.9 Å². The summed E-state index contributed by atoms with van der Waals surface area (Å²) in [5.74, 6) is 0.861. The van der Waals surface area contributed by atoms with Crippen molar-refractivity contribution < 1.29 is 4.79 Å². The minimum absolute atomic E-state index is 0.143. The van der Waals surface area contributed by atoms with Gasteiger partial charge in [0.15, 0.2) is 5.82 Å². The molecular weight excluding hydrogens is 242 g/mol. The average Bonchev–Trinajstić information content (AvgIpc) is 2.29. The van der Waals surface area contributed by atoms with E-state index in [4.69, 9.17) is 17.3 Å². The molecule has 6 nitrogen and oxygen atoms in total. The van der Waals surface area contributed by atoms with Crippen molar-refractivity contribution in [2.24, 2.45) is 0 Å². The smallest absolute Gasteiger partial charge is 0.222 e. The fraction of sp³-hybridized carbons (Fsp3) is 0.500. The van der Waals surface area contributed by atoms with E-state index in [1.54, 1.807) is 11.9 Å². The molecule has 1 aromatic heterocycles. The van der Waals surface area contributed by atoms with Crippen LogP contribution in [0.2, 0.25) is 5.02 Å². The summed E-state index contributed by atoms with van der Waals surface area (Å²) in [7, 11) is 1.78. The molecule has 0 aliphatic carbocycles. The standard InChI is InChI=1S/C10H14ClN5O/c1-16-5-6(2-3-8(16)17)14-9-7(11)4-13-10(12)15-9/h4,6H,2-3,5H2,1H3,(H3,12,13,14,15). The first-order valence-electron chi connectivity index (χ1n) is 5.35. The molecule has 1 saturated heterocycles. The second-order valence-electron chi connectivity index (χ2n) is 4.08. The van der Waals surface area contributed by atoms with E-state index in [0.29, 0.717) is 23.8 Å². The molecule has 1 aromatic rings. The zero-order valence-corrected chi connectivity index (χ0v) is 10.2. The SMILES string of the molecule is CN1CC(Nc2nc(N)ncc2Cl)CCC1=O. The minimum atomic E-state index is 0.143. The second kappa shape index (κ2) is 4.75. The Kier molecular flexibility index (Phi) is 3.33. The fourth-order valence-electron chi connectivity index (χ4n) is 1.81. The normalized spacial score (nSPS) is 20.5. The third-order valence-electron chi connectivity index (χ3n) is 2.73. The van der Waals surface area contributed by atoms with E-state index in [-0.39, 0.29) is 17.9 Å². The first-order valence-corrected chi connectivity index (χ1v) is 5.72. The van der Waals surface area contributed by atoms with Gasteiger partial charge in [-0.25, -0.2) is 4.98 Å². The lowest BCUT2D eigenvalue weighted by Gasteiger charge is -2.30. The summed E-state index contributed by atoms with van der Waals surface area (Å²) in [6.07, 6.45) is 2.76. The van der Waals surface area contributed by atoms with Crippen LogP contribution >= 0.6 is 11.6 Å². The minimum Gasteiger partial charge on any atom is -0.368 e. The van der Waals surface area contributed by atoms with Gasteiger partial charge in [-0.05, 0) is 6.42 Å². The topological polar surface area (TPSA) is 84.1 Å². The van der Waals surface area contributed by atoms with Gasteiger partial charge in [0.2, 0.25) is 11.9 Å². The predicted octanol–water partition coefficient (Wildman–Crippen LogP) is 0.745. The van der Waals surface area contributed by atoms with Crippen molar-refractivity contribution in [2.75, 3.05) is 24.6 Å². The van der Waals surface area contributed by atoms with Crippen LogP contribution < -0.4 is 11.1 Å². The second-order valence-corrected chi connectivity index (χ2v) is 4.49. The predicted molar refractivity (Wildman–Crippen MR) is 65.7 cm³/mol. The lowest BCUT2D eigenvalue weighted by molar-refractivity contribution is -0.132. The molecule has 17 heavy (non-hydrogen) atoms. The lowest BCUT2D eigenvalue weighted by atomic mass is 10.1. The Hall–Kier alpha value is -1.56. The highest BCUT2D eigenvalue weighted by Crippen LogP contribution is 2.21. The number of hydrogen-bond acceptors (Lipinski definition) is 5. The highest BCUT2D eigenvalue weighted by Gasteiger charge is 2.23. The van der Waals surface area contributed by atoms with Crippen LogP contribution in [-0.2, 0) is 4.79 Å². The molecule has 1 aliphatic rings. The van der Waals surface area contributed by atoms with Crippen LogP contribution in [0.5, 0.6) is 0 Å². The number of carbonyl (C=O) groups is 1. The molecule has 2 rings (SSSR count). The van der Waals surface area contributed by atoms with Gasteiger partial charge in [0, 0.05) is 26.1 Å². The Morgan fingerprint density at radius 2 is 2.41 bits per heavy atom. The van der Waals surface area contributed by atoms with Gasteiger partial charge < -0.3 is 16.0 Å². The van der Waals surface area contributed by atoms with E-state index in [2.05, 4.69) is 15.3 Å². The van der Waals surface area contributed by atoms with Crippen LogP contribution in [0.3, 0.4) is 0 Å². The highest BCUT2D eigenvalue weighted by atomic mass is 35.5. The molecule has 7 heteroatoms. The van der Waals surface area contributed by atoms with Gasteiger partial charge in [-0.2, -0.15) is 4.98 Å². The maximum absolute atomic E-state index is 11.3. The molecule has 0 bridgehead atoms. The number of aromatic nitrogens is 2. The van der Waals surface area contributed by atoms with Gasteiger partial charge in [-0.1, -0.05) is 11.6 Å². The fourth-order valence-corrected chi connectivity index (χ4v) is 1.95. The molecule has 1 atom stereocenters. The van der Waals surface area contributed by atoms with Crippen LogP contribution in [-0.4, -0.2) is 40.4 Å². The molecule has 1 aliphatic heterocycles. The number of anilines is 2. The van der Waals surface area contributed by atoms with Crippen molar-refractivity contribution in [1.82, 2.24) is 14.9 Å². The molecule has 0 aromatic carbocycles. The van der Waals surface area contributed by atoms with Crippen LogP contribution in [0.1, 0.15) is 12.8 Å². The lowest BCUT2D eigenvalue weighted by Crippen LogP contribution is -2.43. The van der Waals surface area contributed by atoms with Crippen LogP contribution in [0.15, 0.2) is 6.20 Å². The Balaban J connectivity index is 2.06. The number of amides is 1. The molecule has 0 saturated carbocycles. The number of carbonyl (C=O) groups excluding carboxylic acids is 1. The van der Waals surface area contributed by atoms with Gasteiger partial charge in [0.05, 0.1) is 6.20 Å². The maximum atomic E-state index is 11.3. The largest absolute Gasteiger partial charge is 0.368 e. The molecule has 0 spiro atoms. The number of likely N-dealkylation sites (tertiary alicyclic amines) is 1. The number of rotatable bonds is 2. The summed E-state index contributed by atoms with van der Waals surface area (Å²) in [5.41, 5.74) is 5.50. The molecule has 3 N–H and O–H groups in total. The molecular formula is C10H14ClN5O. The molecule has 92 valence electrons. The Bertz CT molecular complexity index is 439. The number of piperidine rings is 1. The summed E-state index contributed by atoms with van der Waals surface area (Å²) in [4.78, 5) is 20.9. The van der Waals surface area contributed by atoms with E-state index in [0.717, 1.165) is 6.42 Å². The third-order valence-corrected chi connectivity index (χ3v) is 3.01. The number of hydrogen-bond donors (Lipinski definition) is 2. The Labute approximate surface area is 104 Å². The summed E-state index contributed by atoms with van der Waals surface area (Å²) >= 11 is 5.96. The summed E-state index contributed by atoms with van der Waals surface area (Å²) < 4.78 is 0. The van der Waals surface area contributed by atoms with Gasteiger partial charge in [0.1, 0.15) is 5.02 Å². The quantitative estimate of drug-likeness (QED) is 0.815. The van der Waals surface area contributed by atoms with Gasteiger partial charge >= 0.3 is 0 Å². The van der Waals surface area contributed by atoms with Crippen LogP contribution in [0, 0.1) is 0 Å². The van der Waals surface area contributed by atoms with Crippen molar-refractivity contribution in [1.29, 1.82) is 0 Å². The van der Waals surface area contributed by atoms with Crippen molar-refractivity contribution in [3.63, 3.8) is 0 Å². The zero-order valence-electron chi connectivity index (χ0n) is 9.48. The van der Waals surface area contributed by atoms with Crippen molar-refractivity contribution in [3.05, 3.63) is 11.2 Å². The maximum Gasteiger partial charge on any atom is 0.222 e. The number of nitrogens with two attached hydrogens (primary N) is 1. The van der Waals surface area contributed by atoms with E-state index in [9.17, 15) is 4.79 Å². The van der Waals surface area contributed by atoms with E-state index >= 15 is 0 Å². The molecule has 0 radical (unpaired) electrons. The van der Waals surface area contributed by atoms with Crippen molar-refractivity contribution in [3.8, 4) is 0 Å². The summed E-state index contributed by atoms with van der Waals surface area (Å²) in [6, 6.07) is 0.143. The summed E-state index contributed by atoms with van der Waals surface area (Å²) in [6.45, 7) is 0.638. The molecule has 1 fully saturated rings. The first-order chi connectivity index (χ1) is 8.06. The van der Waals surface area contributed by atoms with E-state index in [1.807, 2.05) is 0 Å². The van der Waals surface area contributed by atoms with E-state index in [1.165, 1.54) is 6.20 Å². The highest BCUT2D eigenvalue weighted by molar-refractivity contribution is 6.32. The van der Waals surface area contributed by atoms with Crippen LogP contribution in [0.25, 0.3) is 0 Å². The number of likely N-dealkylation sites (N-methyl/N-ethyl adjacent to an activating group) is 1. The number of nitrogen functional groups attached to an aromatic ring is 1. The first kappa shape index (κ1) is 11.9. The van der Waals surface area contributed by atoms with Crippen molar-refractivity contribution >= 4 is 29.3 Å². The monoisotopic (exact) mass is 255 g/mol. The molecule has 1 amide bonds. The molecule has 2 heterocycles. The summed E-state index contributed by atoms with van der Waals surface area (Å²) in [5, 5.41) is 3.61. The van der Waals surface area contributed by atoms with E-state index < -0.39 is 0 Å². The molecule has 1 unspecified atom stereocenters. The number of nitrogens with zero attached hydrogens (tertiary/aromatic N) is 3. The van der Waals surface area contributed by atoms with Crippen LogP contribution in [0.4, 0.5) is 11.8 Å². The average molecular weight is 256 g/mol. The van der Waals surface area contributed by atoms with Gasteiger partial charge in [-0.3, -0.25) is 4.79 Å². The zero-order chi connectivity index (χ0) is 12.4. The number of nitrogens with one attached hydrogen (secondary N) is 1. The van der Waals surface area contributed by atoms with Gasteiger partial charge in [-0.15, -0.1) is 0 Å². The number of halogens is 1. The van der Waals surface area contributed by atoms with Gasteiger partial charge in [0.25, 0.3) is 0 Å². The third kappa shape index (κ3) is 2.76. The Morgan fingerprint density at radius 1 is 1.65 bits per heavy atom. The Morgan fingerprint density at radius 3 is 3.12 bits per heavy atom.